The third-order valence-electron chi connectivity index (χ3n) is 4.93. The molecule has 2 heterocycles. The van der Waals surface area contributed by atoms with Gasteiger partial charge in [0.25, 0.3) is 0 Å². The van der Waals surface area contributed by atoms with Gasteiger partial charge < -0.3 is 18.9 Å². The molecule has 1 aromatic heterocycles. The highest BCUT2D eigenvalue weighted by molar-refractivity contribution is 6.22. The first-order chi connectivity index (χ1) is 13.2. The first-order valence-corrected chi connectivity index (χ1v) is 8.39. The zero-order valence-electron chi connectivity index (χ0n) is 14.7. The third-order valence-corrected chi connectivity index (χ3v) is 4.93. The van der Waals surface area contributed by atoms with Gasteiger partial charge in [-0.3, -0.25) is 9.78 Å². The van der Waals surface area contributed by atoms with Gasteiger partial charge in [-0.15, -0.1) is 0 Å². The van der Waals surface area contributed by atoms with Gasteiger partial charge >= 0.3 is 0 Å². The molecule has 1 aliphatic heterocycles. The number of carbonyl (C=O) groups excluding carboxylic acids is 1. The number of rotatable bonds is 3. The average Bonchev–Trinajstić information content (AvgIpc) is 3.17. The number of benzene rings is 3. The number of aldehydes is 1. The van der Waals surface area contributed by atoms with E-state index in [0.717, 1.165) is 38.7 Å². The van der Waals surface area contributed by atoms with Crippen LogP contribution >= 0.6 is 0 Å². The van der Waals surface area contributed by atoms with Crippen LogP contribution in [-0.4, -0.2) is 32.3 Å². The lowest BCUT2D eigenvalue weighted by atomic mass is 9.95. The maximum absolute atomic E-state index is 11.9. The molecule has 0 amide bonds. The molecule has 1 aliphatic rings. The Bertz CT molecular complexity index is 1250. The SMILES string of the molecule is COc1cc2cc(C=O)c3c4cc5c(cc4ncc3c2cc1OC)OCO5. The fourth-order valence-corrected chi connectivity index (χ4v) is 3.68. The van der Waals surface area contributed by atoms with E-state index >= 15 is 0 Å². The van der Waals surface area contributed by atoms with Crippen molar-refractivity contribution < 1.29 is 23.7 Å². The smallest absolute Gasteiger partial charge is 0.231 e. The Morgan fingerprint density at radius 3 is 2.41 bits per heavy atom. The lowest BCUT2D eigenvalue weighted by Crippen LogP contribution is -1.94. The summed E-state index contributed by atoms with van der Waals surface area (Å²) < 4.78 is 21.8. The van der Waals surface area contributed by atoms with Crippen LogP contribution in [0.25, 0.3) is 32.4 Å². The van der Waals surface area contributed by atoms with Crippen molar-refractivity contribution in [1.29, 1.82) is 0 Å². The van der Waals surface area contributed by atoms with Crippen molar-refractivity contribution >= 4 is 38.7 Å². The predicted molar refractivity (Wildman–Crippen MR) is 101 cm³/mol. The van der Waals surface area contributed by atoms with Crippen LogP contribution in [0.2, 0.25) is 0 Å². The van der Waals surface area contributed by atoms with E-state index in [4.69, 9.17) is 18.9 Å². The molecular formula is C21H15NO5. The minimum Gasteiger partial charge on any atom is -0.493 e. The number of nitrogens with zero attached hydrogens (tertiary/aromatic N) is 1. The topological polar surface area (TPSA) is 66.9 Å². The zero-order valence-corrected chi connectivity index (χ0v) is 14.7. The summed E-state index contributed by atoms with van der Waals surface area (Å²) in [6.45, 7) is 0.185. The highest BCUT2D eigenvalue weighted by Gasteiger charge is 2.19. The molecular weight excluding hydrogens is 346 g/mol. The van der Waals surface area contributed by atoms with E-state index in [2.05, 4.69) is 4.98 Å². The number of methoxy groups -OCH3 is 2. The molecule has 0 bridgehead atoms. The van der Waals surface area contributed by atoms with Gasteiger partial charge in [0.2, 0.25) is 6.79 Å². The van der Waals surface area contributed by atoms with E-state index in [1.807, 2.05) is 30.3 Å². The van der Waals surface area contributed by atoms with E-state index in [1.165, 1.54) is 0 Å². The van der Waals surface area contributed by atoms with Crippen LogP contribution in [-0.2, 0) is 0 Å². The fraction of sp³-hybridized carbons (Fsp3) is 0.143. The van der Waals surface area contributed by atoms with Gasteiger partial charge in [-0.25, -0.2) is 0 Å². The Morgan fingerprint density at radius 1 is 0.926 bits per heavy atom. The summed E-state index contributed by atoms with van der Waals surface area (Å²) in [7, 11) is 3.18. The molecule has 0 saturated heterocycles. The molecule has 0 aliphatic carbocycles. The molecule has 4 aromatic rings. The molecule has 5 rings (SSSR count). The summed E-state index contributed by atoms with van der Waals surface area (Å²) in [5, 5.41) is 4.34. The molecule has 134 valence electrons. The largest absolute Gasteiger partial charge is 0.493 e. The molecule has 3 aromatic carbocycles. The predicted octanol–water partition coefficient (Wildman–Crippen LogP) is 4.10. The highest BCUT2D eigenvalue weighted by Crippen LogP contribution is 2.42. The second-order valence-electron chi connectivity index (χ2n) is 6.28. The van der Waals surface area contributed by atoms with Crippen molar-refractivity contribution in [1.82, 2.24) is 4.98 Å². The number of ether oxygens (including phenoxy) is 4. The monoisotopic (exact) mass is 361 g/mol. The molecule has 6 heteroatoms. The van der Waals surface area contributed by atoms with Crippen LogP contribution in [0.5, 0.6) is 23.0 Å². The van der Waals surface area contributed by atoms with Gasteiger partial charge in [-0.2, -0.15) is 0 Å². The Hall–Kier alpha value is -3.54. The van der Waals surface area contributed by atoms with Gasteiger partial charge in [0.15, 0.2) is 29.3 Å². The summed E-state index contributed by atoms with van der Waals surface area (Å²) >= 11 is 0. The maximum atomic E-state index is 11.9. The Balaban J connectivity index is 1.96. The van der Waals surface area contributed by atoms with Gasteiger partial charge in [0, 0.05) is 34.0 Å². The van der Waals surface area contributed by atoms with E-state index < -0.39 is 0 Å². The normalized spacial score (nSPS) is 12.7. The van der Waals surface area contributed by atoms with E-state index in [1.54, 1.807) is 20.4 Å². The molecule has 0 unspecified atom stereocenters. The lowest BCUT2D eigenvalue weighted by Gasteiger charge is -2.13. The van der Waals surface area contributed by atoms with Gasteiger partial charge in [0.05, 0.1) is 19.7 Å². The number of hydrogen-bond acceptors (Lipinski definition) is 6. The summed E-state index contributed by atoms with van der Waals surface area (Å²) in [5.41, 5.74) is 1.32. The number of pyridine rings is 1. The molecule has 6 nitrogen and oxygen atoms in total. The minimum absolute atomic E-state index is 0.185. The van der Waals surface area contributed by atoms with Gasteiger partial charge in [-0.05, 0) is 35.0 Å². The van der Waals surface area contributed by atoms with Crippen LogP contribution in [0, 0.1) is 0 Å². The molecule has 27 heavy (non-hydrogen) atoms. The second kappa shape index (κ2) is 5.74. The van der Waals surface area contributed by atoms with Crippen molar-refractivity contribution in [3.05, 3.63) is 42.1 Å². The molecule has 0 saturated carbocycles. The highest BCUT2D eigenvalue weighted by atomic mass is 16.7. The van der Waals surface area contributed by atoms with Crippen LogP contribution < -0.4 is 18.9 Å². The van der Waals surface area contributed by atoms with Crippen molar-refractivity contribution in [2.45, 2.75) is 0 Å². The van der Waals surface area contributed by atoms with Crippen LogP contribution in [0.3, 0.4) is 0 Å². The second-order valence-corrected chi connectivity index (χ2v) is 6.28. The van der Waals surface area contributed by atoms with E-state index in [-0.39, 0.29) is 6.79 Å². The zero-order chi connectivity index (χ0) is 18.5. The molecule has 0 N–H and O–H groups in total. The summed E-state index contributed by atoms with van der Waals surface area (Å²) in [4.78, 5) is 16.5. The maximum Gasteiger partial charge on any atom is 0.231 e. The van der Waals surface area contributed by atoms with Gasteiger partial charge in [-0.1, -0.05) is 0 Å². The van der Waals surface area contributed by atoms with Crippen molar-refractivity contribution in [2.24, 2.45) is 0 Å². The number of aromatic nitrogens is 1. The summed E-state index contributed by atoms with van der Waals surface area (Å²) in [6.07, 6.45) is 2.64. The van der Waals surface area contributed by atoms with Crippen molar-refractivity contribution in [3.8, 4) is 23.0 Å². The third kappa shape index (κ3) is 2.19. The number of carbonyl (C=O) groups is 1. The van der Waals surface area contributed by atoms with Crippen molar-refractivity contribution in [2.75, 3.05) is 21.0 Å². The Labute approximate surface area is 154 Å². The molecule has 0 spiro atoms. The molecule has 0 atom stereocenters. The Kier molecular flexibility index (Phi) is 3.33. The fourth-order valence-electron chi connectivity index (χ4n) is 3.68. The Morgan fingerprint density at radius 2 is 1.67 bits per heavy atom. The van der Waals surface area contributed by atoms with E-state index in [0.29, 0.717) is 28.6 Å². The minimum atomic E-state index is 0.185. The average molecular weight is 361 g/mol. The quantitative estimate of drug-likeness (QED) is 0.404. The van der Waals surface area contributed by atoms with Gasteiger partial charge in [0.1, 0.15) is 0 Å². The molecule has 0 fully saturated rings. The summed E-state index contributed by atoms with van der Waals surface area (Å²) in [6, 6.07) is 9.35. The molecule has 0 radical (unpaired) electrons. The van der Waals surface area contributed by atoms with Crippen LogP contribution in [0.15, 0.2) is 36.5 Å². The lowest BCUT2D eigenvalue weighted by molar-refractivity contribution is 0.112. The number of hydrogen-bond donors (Lipinski definition) is 0. The first kappa shape index (κ1) is 15.7. The standard InChI is InChI=1S/C21H15NO5/c1-24-17-4-11-3-12(9-23)21-14-6-19-20(27-10-26-19)7-16(14)22-8-15(21)13(11)5-18(17)25-2/h3-9H,10H2,1-2H3. The first-order valence-electron chi connectivity index (χ1n) is 8.39. The van der Waals surface area contributed by atoms with Crippen molar-refractivity contribution in [3.63, 3.8) is 0 Å². The van der Waals surface area contributed by atoms with Crippen LogP contribution in [0.4, 0.5) is 0 Å². The number of fused-ring (bicyclic) bond motifs is 6. The van der Waals surface area contributed by atoms with Crippen LogP contribution in [0.1, 0.15) is 10.4 Å². The van der Waals surface area contributed by atoms with E-state index in [9.17, 15) is 4.79 Å². The summed E-state index contributed by atoms with van der Waals surface area (Å²) in [5.74, 6) is 2.55.